The van der Waals surface area contributed by atoms with Crippen LogP contribution in [-0.4, -0.2) is 40.1 Å². The second kappa shape index (κ2) is 6.49. The summed E-state index contributed by atoms with van der Waals surface area (Å²) in [6.45, 7) is 2.77. The highest BCUT2D eigenvalue weighted by Crippen LogP contribution is 2.36. The molecular formula is C20H18N4O4. The zero-order valence-corrected chi connectivity index (χ0v) is 15.4. The van der Waals surface area contributed by atoms with Crippen LogP contribution in [0.4, 0.5) is 11.4 Å². The van der Waals surface area contributed by atoms with Crippen molar-refractivity contribution in [1.82, 2.24) is 10.2 Å². The molecule has 2 N–H and O–H groups in total. The minimum atomic E-state index is -1.13. The van der Waals surface area contributed by atoms with Crippen molar-refractivity contribution in [3.63, 3.8) is 0 Å². The number of nitrogens with one attached hydrogen (secondary N) is 2. The van der Waals surface area contributed by atoms with Crippen LogP contribution in [-0.2, 0) is 14.3 Å². The van der Waals surface area contributed by atoms with Gasteiger partial charge >= 0.3 is 5.97 Å². The number of carbonyl (C=O) groups is 3. The molecule has 1 aliphatic rings. The van der Waals surface area contributed by atoms with Crippen molar-refractivity contribution in [3.8, 4) is 0 Å². The first kappa shape index (κ1) is 17.7. The van der Waals surface area contributed by atoms with Gasteiger partial charge in [-0.15, -0.1) is 0 Å². The van der Waals surface area contributed by atoms with Gasteiger partial charge in [0.25, 0.3) is 5.91 Å². The fraction of sp³-hybridized carbons (Fsp3) is 0.200. The first-order valence-electron chi connectivity index (χ1n) is 8.73. The molecule has 3 aromatic rings. The van der Waals surface area contributed by atoms with E-state index in [9.17, 15) is 14.4 Å². The van der Waals surface area contributed by atoms with E-state index in [1.807, 2.05) is 6.07 Å². The molecule has 28 heavy (non-hydrogen) atoms. The van der Waals surface area contributed by atoms with Gasteiger partial charge in [-0.1, -0.05) is 30.3 Å². The van der Waals surface area contributed by atoms with Crippen LogP contribution in [0.15, 0.2) is 48.5 Å². The fourth-order valence-corrected chi connectivity index (χ4v) is 3.28. The van der Waals surface area contributed by atoms with Gasteiger partial charge < -0.3 is 10.1 Å². The monoisotopic (exact) mass is 378 g/mol. The Morgan fingerprint density at radius 2 is 1.82 bits per heavy atom. The van der Waals surface area contributed by atoms with Gasteiger partial charge in [0.05, 0.1) is 16.9 Å². The number of para-hydroxylation sites is 3. The topological polar surface area (TPSA) is 104 Å². The second-order valence-electron chi connectivity index (χ2n) is 6.95. The van der Waals surface area contributed by atoms with Gasteiger partial charge in [0, 0.05) is 5.39 Å². The summed E-state index contributed by atoms with van der Waals surface area (Å²) in [5.74, 6) is -1.52. The van der Waals surface area contributed by atoms with E-state index in [1.54, 1.807) is 56.3 Å². The molecular weight excluding hydrogens is 360 g/mol. The highest BCUT2D eigenvalue weighted by atomic mass is 16.5. The van der Waals surface area contributed by atoms with E-state index in [0.717, 1.165) is 0 Å². The summed E-state index contributed by atoms with van der Waals surface area (Å²) in [6, 6.07) is 14.1. The van der Waals surface area contributed by atoms with Crippen LogP contribution in [0.1, 0.15) is 24.3 Å². The van der Waals surface area contributed by atoms with Gasteiger partial charge in [-0.25, -0.2) is 4.79 Å². The van der Waals surface area contributed by atoms with Crippen LogP contribution in [0.25, 0.3) is 10.9 Å². The Bertz CT molecular complexity index is 1100. The van der Waals surface area contributed by atoms with Crippen molar-refractivity contribution < 1.29 is 19.1 Å². The van der Waals surface area contributed by atoms with Gasteiger partial charge in [0.1, 0.15) is 5.54 Å². The number of esters is 1. The second-order valence-corrected chi connectivity index (χ2v) is 6.95. The number of rotatable bonds is 3. The molecule has 0 radical (unpaired) electrons. The lowest BCUT2D eigenvalue weighted by Gasteiger charge is -2.41. The first-order chi connectivity index (χ1) is 13.4. The molecule has 4 rings (SSSR count). The number of nitrogens with zero attached hydrogens (tertiary/aromatic N) is 2. The summed E-state index contributed by atoms with van der Waals surface area (Å²) in [5.41, 5.74) is 0.766. The minimum absolute atomic E-state index is 0.111. The SMILES string of the molecule is CC1(C)C(=O)Nc2ccccc2N1C(=O)COC(=O)c1n[nH]c2ccccc12. The van der Waals surface area contributed by atoms with E-state index in [2.05, 4.69) is 15.5 Å². The summed E-state index contributed by atoms with van der Waals surface area (Å²) in [4.78, 5) is 39.1. The zero-order valence-electron chi connectivity index (χ0n) is 15.4. The van der Waals surface area contributed by atoms with Crippen molar-refractivity contribution in [1.29, 1.82) is 0 Å². The lowest BCUT2D eigenvalue weighted by atomic mass is 9.96. The van der Waals surface area contributed by atoms with E-state index in [1.165, 1.54) is 4.90 Å². The molecule has 0 spiro atoms. The molecule has 142 valence electrons. The van der Waals surface area contributed by atoms with Crippen LogP contribution in [0.3, 0.4) is 0 Å². The standard InChI is InChI=1S/C20H18N4O4/c1-20(2)19(27)21-14-9-5-6-10-15(14)24(20)16(25)11-28-18(26)17-12-7-3-4-8-13(12)22-23-17/h3-10H,11H2,1-2H3,(H,21,27)(H,22,23). The average Bonchev–Trinajstić information content (AvgIpc) is 3.11. The average molecular weight is 378 g/mol. The number of aromatic amines is 1. The lowest BCUT2D eigenvalue weighted by molar-refractivity contribution is -0.128. The molecule has 2 amide bonds. The third kappa shape index (κ3) is 2.79. The molecule has 0 unspecified atom stereocenters. The molecule has 0 aliphatic carbocycles. The van der Waals surface area contributed by atoms with Gasteiger partial charge in [0.2, 0.25) is 5.91 Å². The zero-order chi connectivity index (χ0) is 19.9. The van der Waals surface area contributed by atoms with E-state index in [4.69, 9.17) is 4.74 Å². The molecule has 0 saturated heterocycles. The molecule has 0 fully saturated rings. The maximum atomic E-state index is 12.9. The number of anilines is 2. The number of hydrogen-bond acceptors (Lipinski definition) is 5. The van der Waals surface area contributed by atoms with Crippen molar-refractivity contribution in [2.24, 2.45) is 0 Å². The maximum absolute atomic E-state index is 12.9. The number of ether oxygens (including phenoxy) is 1. The van der Waals surface area contributed by atoms with Crippen molar-refractivity contribution >= 4 is 40.1 Å². The van der Waals surface area contributed by atoms with Gasteiger partial charge in [-0.05, 0) is 32.0 Å². The Kier molecular flexibility index (Phi) is 4.11. The molecule has 1 aromatic heterocycles. The van der Waals surface area contributed by atoms with Crippen LogP contribution < -0.4 is 10.2 Å². The quantitative estimate of drug-likeness (QED) is 0.682. The number of H-pyrrole nitrogens is 1. The normalized spacial score (nSPS) is 15.1. The smallest absolute Gasteiger partial charge is 0.359 e. The van der Waals surface area contributed by atoms with E-state index in [0.29, 0.717) is 22.3 Å². The first-order valence-corrected chi connectivity index (χ1v) is 8.73. The summed E-state index contributed by atoms with van der Waals surface area (Å²) in [7, 11) is 0. The van der Waals surface area contributed by atoms with Crippen LogP contribution >= 0.6 is 0 Å². The lowest BCUT2D eigenvalue weighted by Crippen LogP contribution is -2.59. The van der Waals surface area contributed by atoms with E-state index < -0.39 is 24.0 Å². The number of benzene rings is 2. The van der Waals surface area contributed by atoms with Crippen LogP contribution in [0.2, 0.25) is 0 Å². The number of aromatic nitrogens is 2. The van der Waals surface area contributed by atoms with Crippen LogP contribution in [0.5, 0.6) is 0 Å². The van der Waals surface area contributed by atoms with E-state index >= 15 is 0 Å². The minimum Gasteiger partial charge on any atom is -0.451 e. The summed E-state index contributed by atoms with van der Waals surface area (Å²) in [5, 5.41) is 10.1. The van der Waals surface area contributed by atoms with Gasteiger partial charge in [-0.2, -0.15) is 5.10 Å². The molecule has 0 saturated carbocycles. The van der Waals surface area contributed by atoms with E-state index in [-0.39, 0.29) is 11.6 Å². The Balaban J connectivity index is 1.56. The van der Waals surface area contributed by atoms with Crippen LogP contribution in [0, 0.1) is 0 Å². The summed E-state index contributed by atoms with van der Waals surface area (Å²) < 4.78 is 5.21. The predicted molar refractivity (Wildman–Crippen MR) is 103 cm³/mol. The highest BCUT2D eigenvalue weighted by molar-refractivity contribution is 6.14. The highest BCUT2D eigenvalue weighted by Gasteiger charge is 2.43. The molecule has 8 nitrogen and oxygen atoms in total. The largest absolute Gasteiger partial charge is 0.451 e. The molecule has 8 heteroatoms. The summed E-state index contributed by atoms with van der Waals surface area (Å²) in [6.07, 6.45) is 0. The Morgan fingerprint density at radius 1 is 1.11 bits per heavy atom. The van der Waals surface area contributed by atoms with Crippen molar-refractivity contribution in [2.45, 2.75) is 19.4 Å². The van der Waals surface area contributed by atoms with Gasteiger partial charge in [-0.3, -0.25) is 19.6 Å². The van der Waals surface area contributed by atoms with Crippen molar-refractivity contribution in [2.75, 3.05) is 16.8 Å². The molecule has 2 aromatic carbocycles. The molecule has 2 heterocycles. The fourth-order valence-electron chi connectivity index (χ4n) is 3.28. The Morgan fingerprint density at radius 3 is 2.64 bits per heavy atom. The molecule has 1 aliphatic heterocycles. The third-order valence-corrected chi connectivity index (χ3v) is 4.75. The third-order valence-electron chi connectivity index (χ3n) is 4.75. The summed E-state index contributed by atoms with van der Waals surface area (Å²) >= 11 is 0. The molecule has 0 bridgehead atoms. The Labute approximate surface area is 160 Å². The number of hydrogen-bond donors (Lipinski definition) is 2. The molecule has 0 atom stereocenters. The Hall–Kier alpha value is -3.68. The van der Waals surface area contributed by atoms with Crippen molar-refractivity contribution in [3.05, 3.63) is 54.2 Å². The maximum Gasteiger partial charge on any atom is 0.359 e. The predicted octanol–water partition coefficient (Wildman–Crippen LogP) is 2.48. The number of carbonyl (C=O) groups excluding carboxylic acids is 3. The number of fused-ring (bicyclic) bond motifs is 2. The van der Waals surface area contributed by atoms with Gasteiger partial charge in [0.15, 0.2) is 12.3 Å². The number of amides is 2.